The van der Waals surface area contributed by atoms with Crippen LogP contribution in [0.3, 0.4) is 0 Å². The minimum Gasteiger partial charge on any atom is -0.331 e. The van der Waals surface area contributed by atoms with Crippen molar-refractivity contribution in [2.75, 3.05) is 0 Å². The van der Waals surface area contributed by atoms with Gasteiger partial charge in [0.2, 0.25) is 0 Å². The minimum absolute atomic E-state index is 0. The molecule has 1 atom stereocenters. The van der Waals surface area contributed by atoms with Crippen LogP contribution in [0.4, 0.5) is 0 Å². The Morgan fingerprint density at radius 3 is 1.64 bits per heavy atom. The van der Waals surface area contributed by atoms with Crippen LogP contribution in [0, 0.1) is 0 Å². The molecule has 0 aliphatic rings. The molecule has 1 rings (SSSR count). The third-order valence-electron chi connectivity index (χ3n) is 5.63. The highest BCUT2D eigenvalue weighted by atomic mass is 35.5. The fourth-order valence-corrected chi connectivity index (χ4v) is 3.71. The smallest absolute Gasteiger partial charge is 0.0951 e. The average Bonchev–Trinajstić information content (AvgIpc) is 3.22. The molecule has 2 nitrogen and oxygen atoms in total. The average molecular weight is 411 g/mol. The van der Waals surface area contributed by atoms with E-state index in [1.807, 2.05) is 18.7 Å². The zero-order chi connectivity index (χ0) is 19.4. The van der Waals surface area contributed by atoms with Crippen molar-refractivity contribution >= 4 is 12.4 Å². The number of allylic oxidation sites excluding steroid dienone is 2. The standard InChI is InChI=1S/C25H46N2.ClH/c1-3-4-5-6-7-8-9-10-11-12-13-14-15-16-17-18-19-20-21-25(2)27-23-22-26-24-27;/h20-25H,3-19H2,1-2H3;1H. The molecule has 0 spiro atoms. The first-order valence-electron chi connectivity index (χ1n) is 12.0. The van der Waals surface area contributed by atoms with Crippen LogP contribution >= 0.6 is 12.4 Å². The van der Waals surface area contributed by atoms with Crippen molar-refractivity contribution in [2.45, 2.75) is 129 Å². The summed E-state index contributed by atoms with van der Waals surface area (Å²) in [5, 5.41) is 0. The molecule has 1 unspecified atom stereocenters. The molecule has 1 aromatic rings. The van der Waals surface area contributed by atoms with E-state index >= 15 is 0 Å². The molecular weight excluding hydrogens is 364 g/mol. The quantitative estimate of drug-likeness (QED) is 0.164. The topological polar surface area (TPSA) is 17.8 Å². The molecule has 0 bridgehead atoms. The second-order valence-corrected chi connectivity index (χ2v) is 8.27. The molecule has 1 heterocycles. The van der Waals surface area contributed by atoms with Crippen LogP contribution < -0.4 is 0 Å². The van der Waals surface area contributed by atoms with Gasteiger partial charge in [0.05, 0.1) is 6.33 Å². The molecule has 0 aliphatic heterocycles. The van der Waals surface area contributed by atoms with E-state index in [1.165, 1.54) is 109 Å². The van der Waals surface area contributed by atoms with E-state index in [2.05, 4.69) is 35.6 Å². The van der Waals surface area contributed by atoms with Crippen LogP contribution in [-0.2, 0) is 0 Å². The summed E-state index contributed by atoms with van der Waals surface area (Å²) in [5.41, 5.74) is 0. The van der Waals surface area contributed by atoms with Crippen molar-refractivity contribution in [3.05, 3.63) is 30.9 Å². The van der Waals surface area contributed by atoms with Gasteiger partial charge in [0.1, 0.15) is 0 Å². The third kappa shape index (κ3) is 16.2. The Balaban J connectivity index is 0.00000729. The SMILES string of the molecule is CCCCCCCCCCCCCCCCCCC=CC(C)n1ccnc1.Cl. The third-order valence-corrected chi connectivity index (χ3v) is 5.63. The Bertz CT molecular complexity index is 428. The Labute approximate surface area is 182 Å². The fraction of sp³-hybridized carbons (Fsp3) is 0.800. The van der Waals surface area contributed by atoms with E-state index in [0.29, 0.717) is 6.04 Å². The monoisotopic (exact) mass is 410 g/mol. The maximum atomic E-state index is 4.10. The maximum Gasteiger partial charge on any atom is 0.0951 e. The van der Waals surface area contributed by atoms with Crippen LogP contribution in [0.25, 0.3) is 0 Å². The molecular formula is C25H47ClN2. The number of aromatic nitrogens is 2. The highest BCUT2D eigenvalue weighted by Gasteiger charge is 1.97. The molecule has 0 aliphatic carbocycles. The van der Waals surface area contributed by atoms with E-state index in [0.717, 1.165) is 0 Å². The summed E-state index contributed by atoms with van der Waals surface area (Å²) in [6.07, 6.45) is 34.7. The highest BCUT2D eigenvalue weighted by Crippen LogP contribution is 2.14. The van der Waals surface area contributed by atoms with Crippen molar-refractivity contribution < 1.29 is 0 Å². The Morgan fingerprint density at radius 1 is 0.750 bits per heavy atom. The Morgan fingerprint density at radius 2 is 1.21 bits per heavy atom. The summed E-state index contributed by atoms with van der Waals surface area (Å²) in [4.78, 5) is 4.10. The van der Waals surface area contributed by atoms with Crippen molar-refractivity contribution in [3.63, 3.8) is 0 Å². The summed E-state index contributed by atoms with van der Waals surface area (Å²) in [6.45, 7) is 4.51. The first-order chi connectivity index (χ1) is 13.3. The van der Waals surface area contributed by atoms with Gasteiger partial charge in [-0.05, 0) is 19.8 Å². The minimum atomic E-state index is 0. The molecule has 28 heavy (non-hydrogen) atoms. The predicted octanol–water partition coefficient (Wildman–Crippen LogP) is 9.07. The molecule has 0 radical (unpaired) electrons. The first-order valence-corrected chi connectivity index (χ1v) is 12.0. The molecule has 0 saturated carbocycles. The molecule has 0 saturated heterocycles. The summed E-state index contributed by atoms with van der Waals surface area (Å²) in [7, 11) is 0. The Kier molecular flexibility index (Phi) is 20.4. The molecule has 0 N–H and O–H groups in total. The lowest BCUT2D eigenvalue weighted by Gasteiger charge is -2.06. The largest absolute Gasteiger partial charge is 0.331 e. The first kappa shape index (κ1) is 27.2. The molecule has 0 aromatic carbocycles. The van der Waals surface area contributed by atoms with E-state index in [-0.39, 0.29) is 12.4 Å². The summed E-state index contributed by atoms with van der Waals surface area (Å²) >= 11 is 0. The van der Waals surface area contributed by atoms with Gasteiger partial charge in [0.15, 0.2) is 0 Å². The van der Waals surface area contributed by atoms with E-state index in [4.69, 9.17) is 0 Å². The second kappa shape index (κ2) is 21.0. The van der Waals surface area contributed by atoms with Gasteiger partial charge in [-0.3, -0.25) is 0 Å². The van der Waals surface area contributed by atoms with Gasteiger partial charge < -0.3 is 4.57 Å². The van der Waals surface area contributed by atoms with Crippen LogP contribution in [0.2, 0.25) is 0 Å². The number of hydrogen-bond donors (Lipinski definition) is 0. The van der Waals surface area contributed by atoms with Crippen LogP contribution in [0.5, 0.6) is 0 Å². The van der Waals surface area contributed by atoms with Crippen molar-refractivity contribution in [1.82, 2.24) is 9.55 Å². The molecule has 0 fully saturated rings. The molecule has 0 amide bonds. The Hall–Kier alpha value is -0.760. The fourth-order valence-electron chi connectivity index (χ4n) is 3.71. The van der Waals surface area contributed by atoms with Gasteiger partial charge in [-0.2, -0.15) is 0 Å². The van der Waals surface area contributed by atoms with Gasteiger partial charge in [0, 0.05) is 18.4 Å². The number of rotatable bonds is 19. The van der Waals surface area contributed by atoms with Crippen molar-refractivity contribution in [3.8, 4) is 0 Å². The number of unbranched alkanes of at least 4 members (excludes halogenated alkanes) is 16. The van der Waals surface area contributed by atoms with Crippen LogP contribution in [-0.4, -0.2) is 9.55 Å². The lowest BCUT2D eigenvalue weighted by Crippen LogP contribution is -1.97. The van der Waals surface area contributed by atoms with Gasteiger partial charge in [0.25, 0.3) is 0 Å². The molecule has 1 aromatic heterocycles. The summed E-state index contributed by atoms with van der Waals surface area (Å²) < 4.78 is 2.14. The van der Waals surface area contributed by atoms with Gasteiger partial charge in [-0.1, -0.05) is 115 Å². The van der Waals surface area contributed by atoms with E-state index in [9.17, 15) is 0 Å². The number of halogens is 1. The lowest BCUT2D eigenvalue weighted by molar-refractivity contribution is 0.530. The highest BCUT2D eigenvalue weighted by molar-refractivity contribution is 5.85. The van der Waals surface area contributed by atoms with E-state index < -0.39 is 0 Å². The molecule has 164 valence electrons. The van der Waals surface area contributed by atoms with Crippen molar-refractivity contribution in [1.29, 1.82) is 0 Å². The lowest BCUT2D eigenvalue weighted by atomic mass is 10.0. The van der Waals surface area contributed by atoms with Crippen LogP contribution in [0.1, 0.15) is 129 Å². The van der Waals surface area contributed by atoms with E-state index in [1.54, 1.807) is 0 Å². The zero-order valence-electron chi connectivity index (χ0n) is 18.8. The van der Waals surface area contributed by atoms with Gasteiger partial charge in [-0.15, -0.1) is 12.4 Å². The summed E-state index contributed by atoms with van der Waals surface area (Å²) in [5.74, 6) is 0. The second-order valence-electron chi connectivity index (χ2n) is 8.27. The normalized spacial score (nSPS) is 12.4. The van der Waals surface area contributed by atoms with Crippen LogP contribution in [0.15, 0.2) is 30.9 Å². The number of imidazole rings is 1. The van der Waals surface area contributed by atoms with Gasteiger partial charge in [-0.25, -0.2) is 4.98 Å². The summed E-state index contributed by atoms with van der Waals surface area (Å²) in [6, 6.07) is 0.425. The van der Waals surface area contributed by atoms with Gasteiger partial charge >= 0.3 is 0 Å². The predicted molar refractivity (Wildman–Crippen MR) is 127 cm³/mol. The van der Waals surface area contributed by atoms with Crippen molar-refractivity contribution in [2.24, 2.45) is 0 Å². The number of nitrogens with zero attached hydrogens (tertiary/aromatic N) is 2. The zero-order valence-corrected chi connectivity index (χ0v) is 19.6. The number of hydrogen-bond acceptors (Lipinski definition) is 1. The molecule has 3 heteroatoms. The maximum absolute atomic E-state index is 4.10.